The highest BCUT2D eigenvalue weighted by Crippen LogP contribution is 2.17. The van der Waals surface area contributed by atoms with E-state index in [-0.39, 0.29) is 12.5 Å². The summed E-state index contributed by atoms with van der Waals surface area (Å²) < 4.78 is 5.60. The summed E-state index contributed by atoms with van der Waals surface area (Å²) in [6.45, 7) is 1.68. The summed E-state index contributed by atoms with van der Waals surface area (Å²) in [6, 6.07) is 20.7. The minimum absolute atomic E-state index is 0.215. The Kier molecular flexibility index (Phi) is 8.15. The molecule has 3 rings (SSSR count). The molecule has 168 valence electrons. The maximum Gasteiger partial charge on any atom is 0.329 e. The summed E-state index contributed by atoms with van der Waals surface area (Å²) in [5.41, 5.74) is 4.69. The Morgan fingerprint density at radius 3 is 2.48 bits per heavy atom. The van der Waals surface area contributed by atoms with E-state index >= 15 is 0 Å². The van der Waals surface area contributed by atoms with Crippen LogP contribution in [0, 0.1) is 6.92 Å². The van der Waals surface area contributed by atoms with E-state index in [1.165, 1.54) is 12.3 Å². The fraction of sp³-hybridized carbons (Fsp3) is 0.0833. The maximum absolute atomic E-state index is 12.2. The van der Waals surface area contributed by atoms with Crippen LogP contribution in [0.2, 0.25) is 5.02 Å². The molecule has 3 aromatic rings. The van der Waals surface area contributed by atoms with Gasteiger partial charge in [-0.2, -0.15) is 5.10 Å². The van der Waals surface area contributed by atoms with Crippen LogP contribution in [0.5, 0.6) is 5.75 Å². The molecule has 3 amide bonds. The molecule has 0 aliphatic carbocycles. The van der Waals surface area contributed by atoms with Crippen molar-refractivity contribution in [1.82, 2.24) is 5.43 Å². The maximum atomic E-state index is 12.2. The molecule has 0 spiro atoms. The molecular formula is C24H21ClN4O4. The van der Waals surface area contributed by atoms with Gasteiger partial charge in [-0.05, 0) is 48.9 Å². The zero-order valence-electron chi connectivity index (χ0n) is 17.7. The van der Waals surface area contributed by atoms with Crippen molar-refractivity contribution < 1.29 is 19.1 Å². The van der Waals surface area contributed by atoms with Gasteiger partial charge in [0.2, 0.25) is 0 Å². The molecule has 0 heterocycles. The van der Waals surface area contributed by atoms with Gasteiger partial charge >= 0.3 is 11.8 Å². The second-order valence-electron chi connectivity index (χ2n) is 6.85. The number of hydrogen-bond donors (Lipinski definition) is 3. The van der Waals surface area contributed by atoms with Crippen molar-refractivity contribution in [2.75, 3.05) is 17.2 Å². The molecular weight excluding hydrogens is 444 g/mol. The highest BCUT2D eigenvalue weighted by Gasteiger charge is 2.13. The normalized spacial score (nSPS) is 10.5. The fourth-order valence-electron chi connectivity index (χ4n) is 2.73. The number of amides is 3. The number of nitrogens with one attached hydrogen (secondary N) is 3. The molecule has 9 heteroatoms. The summed E-state index contributed by atoms with van der Waals surface area (Å²) >= 11 is 5.85. The molecule has 3 aromatic carbocycles. The molecule has 8 nitrogen and oxygen atoms in total. The monoisotopic (exact) mass is 464 g/mol. The average molecular weight is 465 g/mol. The van der Waals surface area contributed by atoms with Crippen LogP contribution in [0.25, 0.3) is 0 Å². The van der Waals surface area contributed by atoms with Crippen molar-refractivity contribution in [2.24, 2.45) is 5.10 Å². The summed E-state index contributed by atoms with van der Waals surface area (Å²) in [5.74, 6) is -1.78. The van der Waals surface area contributed by atoms with Gasteiger partial charge < -0.3 is 15.4 Å². The average Bonchev–Trinajstić information content (AvgIpc) is 2.80. The van der Waals surface area contributed by atoms with Crippen LogP contribution in [0.4, 0.5) is 11.4 Å². The van der Waals surface area contributed by atoms with Gasteiger partial charge in [0.25, 0.3) is 5.91 Å². The number of hydrogen-bond acceptors (Lipinski definition) is 5. The summed E-state index contributed by atoms with van der Waals surface area (Å²) in [4.78, 5) is 36.2. The Balaban J connectivity index is 1.54. The van der Waals surface area contributed by atoms with Crippen molar-refractivity contribution in [3.8, 4) is 5.75 Å². The predicted molar refractivity (Wildman–Crippen MR) is 128 cm³/mol. The first kappa shape index (κ1) is 23.5. The number of anilines is 2. The first-order chi connectivity index (χ1) is 15.9. The molecule has 0 aromatic heterocycles. The van der Waals surface area contributed by atoms with Crippen LogP contribution < -0.4 is 20.8 Å². The van der Waals surface area contributed by atoms with Crippen LogP contribution in [0.3, 0.4) is 0 Å². The molecule has 0 unspecified atom stereocenters. The van der Waals surface area contributed by atoms with Crippen LogP contribution in [-0.2, 0) is 14.4 Å². The van der Waals surface area contributed by atoms with Gasteiger partial charge in [0, 0.05) is 22.0 Å². The smallest absolute Gasteiger partial charge is 0.329 e. The van der Waals surface area contributed by atoms with Crippen molar-refractivity contribution in [2.45, 2.75) is 6.92 Å². The van der Waals surface area contributed by atoms with Crippen molar-refractivity contribution in [1.29, 1.82) is 0 Å². The lowest BCUT2D eigenvalue weighted by Gasteiger charge is -2.11. The highest BCUT2D eigenvalue weighted by molar-refractivity contribution is 6.39. The Morgan fingerprint density at radius 2 is 1.70 bits per heavy atom. The van der Waals surface area contributed by atoms with Crippen molar-refractivity contribution >= 4 is 46.9 Å². The number of nitrogens with zero attached hydrogens (tertiary/aromatic N) is 1. The molecule has 0 atom stereocenters. The lowest BCUT2D eigenvalue weighted by atomic mass is 10.2. The van der Waals surface area contributed by atoms with Crippen LogP contribution >= 0.6 is 11.6 Å². The van der Waals surface area contributed by atoms with Gasteiger partial charge in [0.15, 0.2) is 6.61 Å². The van der Waals surface area contributed by atoms with E-state index in [1.807, 2.05) is 25.1 Å². The standard InChI is InChI=1S/C24H21ClN4O4/c1-16-7-2-4-11-20(16)28-22(30)15-33-21-12-5-3-8-17(21)14-26-29-24(32)23(31)27-19-10-6-9-18(25)13-19/h2-14H,15H2,1H3,(H,27,31)(H,28,30)(H,29,32)/b26-14+. The molecule has 0 radical (unpaired) electrons. The minimum Gasteiger partial charge on any atom is -0.483 e. The number of aryl methyl sites for hydroxylation is 1. The van der Waals surface area contributed by atoms with E-state index in [0.717, 1.165) is 5.56 Å². The first-order valence-electron chi connectivity index (χ1n) is 9.89. The van der Waals surface area contributed by atoms with E-state index in [2.05, 4.69) is 21.2 Å². The zero-order valence-corrected chi connectivity index (χ0v) is 18.4. The third-order valence-electron chi connectivity index (χ3n) is 4.36. The van der Waals surface area contributed by atoms with Crippen molar-refractivity contribution in [3.63, 3.8) is 0 Å². The summed E-state index contributed by atoms with van der Waals surface area (Å²) in [7, 11) is 0. The van der Waals surface area contributed by atoms with E-state index in [4.69, 9.17) is 16.3 Å². The van der Waals surface area contributed by atoms with Crippen LogP contribution in [-0.4, -0.2) is 30.5 Å². The third kappa shape index (κ3) is 7.19. The number of rotatable bonds is 7. The van der Waals surface area contributed by atoms with Gasteiger partial charge in [-0.15, -0.1) is 0 Å². The SMILES string of the molecule is Cc1ccccc1NC(=O)COc1ccccc1/C=N/NC(=O)C(=O)Nc1cccc(Cl)c1. The Bertz CT molecular complexity index is 1200. The topological polar surface area (TPSA) is 109 Å². The molecule has 3 N–H and O–H groups in total. The van der Waals surface area contributed by atoms with Gasteiger partial charge in [0.1, 0.15) is 5.75 Å². The molecule has 0 fully saturated rings. The van der Waals surface area contributed by atoms with Crippen LogP contribution in [0.1, 0.15) is 11.1 Å². The quantitative estimate of drug-likeness (QED) is 0.281. The third-order valence-corrected chi connectivity index (χ3v) is 4.59. The molecule has 0 aliphatic rings. The minimum atomic E-state index is -0.956. The zero-order chi connectivity index (χ0) is 23.6. The predicted octanol–water partition coefficient (Wildman–Crippen LogP) is 3.75. The van der Waals surface area contributed by atoms with Gasteiger partial charge in [-0.1, -0.05) is 48.0 Å². The largest absolute Gasteiger partial charge is 0.483 e. The van der Waals surface area contributed by atoms with E-state index in [9.17, 15) is 14.4 Å². The number of benzene rings is 3. The molecule has 0 bridgehead atoms. The fourth-order valence-corrected chi connectivity index (χ4v) is 2.92. The molecule has 0 saturated heterocycles. The number of hydrazone groups is 1. The highest BCUT2D eigenvalue weighted by atomic mass is 35.5. The summed E-state index contributed by atoms with van der Waals surface area (Å²) in [6.07, 6.45) is 1.32. The van der Waals surface area contributed by atoms with Gasteiger partial charge in [-0.3, -0.25) is 14.4 Å². The van der Waals surface area contributed by atoms with Gasteiger partial charge in [-0.25, -0.2) is 5.43 Å². The lowest BCUT2D eigenvalue weighted by molar-refractivity contribution is -0.136. The number of para-hydroxylation sites is 2. The number of carbonyl (C=O) groups is 3. The number of ether oxygens (including phenoxy) is 1. The summed E-state index contributed by atoms with van der Waals surface area (Å²) in [5, 5.41) is 9.43. The number of carbonyl (C=O) groups excluding carboxylic acids is 3. The van der Waals surface area contributed by atoms with E-state index < -0.39 is 11.8 Å². The Hall–Kier alpha value is -4.17. The Morgan fingerprint density at radius 1 is 0.939 bits per heavy atom. The van der Waals surface area contributed by atoms with E-state index in [0.29, 0.717) is 27.7 Å². The second-order valence-corrected chi connectivity index (χ2v) is 7.29. The molecule has 0 saturated carbocycles. The van der Waals surface area contributed by atoms with Crippen molar-refractivity contribution in [3.05, 3.63) is 88.9 Å². The van der Waals surface area contributed by atoms with E-state index in [1.54, 1.807) is 48.5 Å². The Labute approximate surface area is 195 Å². The molecule has 0 aliphatic heterocycles. The first-order valence-corrected chi connectivity index (χ1v) is 10.3. The lowest BCUT2D eigenvalue weighted by Crippen LogP contribution is -2.32. The van der Waals surface area contributed by atoms with Gasteiger partial charge in [0.05, 0.1) is 6.21 Å². The second kappa shape index (κ2) is 11.4. The number of halogens is 1. The van der Waals surface area contributed by atoms with Crippen LogP contribution in [0.15, 0.2) is 77.9 Å². The molecule has 33 heavy (non-hydrogen) atoms.